The summed E-state index contributed by atoms with van der Waals surface area (Å²) in [4.78, 5) is 26.5. The lowest BCUT2D eigenvalue weighted by molar-refractivity contribution is -0.129. The van der Waals surface area contributed by atoms with Gasteiger partial charge in [-0.2, -0.15) is 0 Å². The zero-order valence-corrected chi connectivity index (χ0v) is 15.6. The minimum Gasteiger partial charge on any atom is -0.468 e. The van der Waals surface area contributed by atoms with Crippen molar-refractivity contribution in [3.8, 4) is 0 Å². The predicted molar refractivity (Wildman–Crippen MR) is 96.9 cm³/mol. The van der Waals surface area contributed by atoms with Crippen molar-refractivity contribution in [2.75, 3.05) is 19.6 Å². The Balaban J connectivity index is 2.03. The molecule has 0 radical (unpaired) electrons. The third-order valence-electron chi connectivity index (χ3n) is 5.11. The Hall–Kier alpha value is -1.82. The van der Waals surface area contributed by atoms with Crippen LogP contribution in [-0.2, 0) is 9.59 Å². The zero-order valence-electron chi connectivity index (χ0n) is 15.6. The Morgan fingerprint density at radius 1 is 1.28 bits per heavy atom. The van der Waals surface area contributed by atoms with Crippen LogP contribution in [0.3, 0.4) is 0 Å². The van der Waals surface area contributed by atoms with Gasteiger partial charge in [0.2, 0.25) is 11.8 Å². The van der Waals surface area contributed by atoms with Gasteiger partial charge in [0.15, 0.2) is 0 Å². The molecule has 2 rings (SSSR count). The number of amides is 2. The first-order valence-electron chi connectivity index (χ1n) is 9.39. The van der Waals surface area contributed by atoms with Gasteiger partial charge < -0.3 is 15.1 Å². The molecule has 1 saturated carbocycles. The number of hydrogen-bond donors (Lipinski definition) is 2. The molecule has 1 aliphatic rings. The number of carbonyl (C=O) groups is 2. The van der Waals surface area contributed by atoms with Gasteiger partial charge in [0.25, 0.3) is 0 Å². The molecule has 1 aromatic rings. The number of nitrogens with zero attached hydrogens (tertiary/aromatic N) is 1. The standard InChI is InChI=1S/C19H31N3O3/c1-4-22(5-2)16(17-11-8-12-25-17)13-20-19(24)18(21-14(3)23)15-9-6-7-10-15/h8,11-12,15-16,18H,4-7,9-10,13H2,1-3H3,(H,20,24)(H,21,23)/t16-,18-/m0/s1. The number of rotatable bonds is 9. The molecule has 0 aromatic carbocycles. The Bertz CT molecular complexity index is 534. The number of hydrogen-bond acceptors (Lipinski definition) is 4. The van der Waals surface area contributed by atoms with E-state index in [0.717, 1.165) is 44.5 Å². The maximum absolute atomic E-state index is 12.8. The SMILES string of the molecule is CCN(CC)[C@@H](CNC(=O)[C@@H](NC(C)=O)C1CCCC1)c1ccco1. The molecule has 1 aliphatic carbocycles. The van der Waals surface area contributed by atoms with Gasteiger partial charge in [-0.3, -0.25) is 14.5 Å². The molecule has 2 amide bonds. The van der Waals surface area contributed by atoms with E-state index in [1.165, 1.54) is 6.92 Å². The lowest BCUT2D eigenvalue weighted by atomic mass is 9.97. The van der Waals surface area contributed by atoms with Gasteiger partial charge in [-0.1, -0.05) is 26.7 Å². The molecule has 0 aliphatic heterocycles. The molecular formula is C19H31N3O3. The molecule has 2 atom stereocenters. The molecule has 6 heteroatoms. The van der Waals surface area contributed by atoms with Crippen LogP contribution in [0, 0.1) is 5.92 Å². The average Bonchev–Trinajstić information content (AvgIpc) is 3.29. The minimum absolute atomic E-state index is 0.00416. The summed E-state index contributed by atoms with van der Waals surface area (Å²) in [6.45, 7) is 7.87. The van der Waals surface area contributed by atoms with E-state index in [1.54, 1.807) is 6.26 Å². The first-order valence-corrected chi connectivity index (χ1v) is 9.39. The Kier molecular flexibility index (Phi) is 7.50. The Morgan fingerprint density at radius 2 is 1.96 bits per heavy atom. The summed E-state index contributed by atoms with van der Waals surface area (Å²) in [5.41, 5.74) is 0. The smallest absolute Gasteiger partial charge is 0.242 e. The zero-order chi connectivity index (χ0) is 18.2. The summed E-state index contributed by atoms with van der Waals surface area (Å²) in [6, 6.07) is 3.37. The monoisotopic (exact) mass is 349 g/mol. The highest BCUT2D eigenvalue weighted by Crippen LogP contribution is 2.28. The van der Waals surface area contributed by atoms with E-state index in [1.807, 2.05) is 12.1 Å². The molecule has 1 heterocycles. The number of furan rings is 1. The van der Waals surface area contributed by atoms with Crippen molar-refractivity contribution in [3.63, 3.8) is 0 Å². The summed E-state index contributed by atoms with van der Waals surface area (Å²) >= 11 is 0. The first kappa shape index (κ1) is 19.5. The molecule has 0 unspecified atom stereocenters. The minimum atomic E-state index is -0.436. The highest BCUT2D eigenvalue weighted by molar-refractivity contribution is 5.87. The Morgan fingerprint density at radius 3 is 2.48 bits per heavy atom. The summed E-state index contributed by atoms with van der Waals surface area (Å²) in [5, 5.41) is 5.90. The molecule has 1 fully saturated rings. The number of likely N-dealkylation sites (N-methyl/N-ethyl adjacent to an activating group) is 1. The van der Waals surface area contributed by atoms with E-state index < -0.39 is 6.04 Å². The summed E-state index contributed by atoms with van der Waals surface area (Å²) < 4.78 is 5.57. The van der Waals surface area contributed by atoms with E-state index in [2.05, 4.69) is 29.4 Å². The lowest BCUT2D eigenvalue weighted by Gasteiger charge is -2.30. The van der Waals surface area contributed by atoms with Gasteiger partial charge in [0.05, 0.1) is 12.3 Å². The maximum Gasteiger partial charge on any atom is 0.242 e. The molecule has 0 bridgehead atoms. The number of carbonyl (C=O) groups excluding carboxylic acids is 2. The van der Waals surface area contributed by atoms with Crippen molar-refractivity contribution in [2.45, 2.75) is 58.5 Å². The third-order valence-corrected chi connectivity index (χ3v) is 5.11. The van der Waals surface area contributed by atoms with E-state index in [-0.39, 0.29) is 23.8 Å². The van der Waals surface area contributed by atoms with E-state index in [4.69, 9.17) is 4.42 Å². The molecule has 25 heavy (non-hydrogen) atoms. The van der Waals surface area contributed by atoms with Crippen LogP contribution in [0.1, 0.15) is 58.3 Å². The lowest BCUT2D eigenvalue weighted by Crippen LogP contribution is -2.51. The second-order valence-electron chi connectivity index (χ2n) is 6.72. The second kappa shape index (κ2) is 9.61. The third kappa shape index (κ3) is 5.33. The highest BCUT2D eigenvalue weighted by Gasteiger charge is 2.32. The van der Waals surface area contributed by atoms with Crippen LogP contribution in [0.4, 0.5) is 0 Å². The normalized spacial score (nSPS) is 17.4. The highest BCUT2D eigenvalue weighted by atomic mass is 16.3. The van der Waals surface area contributed by atoms with Crippen molar-refractivity contribution >= 4 is 11.8 Å². The van der Waals surface area contributed by atoms with Crippen LogP contribution in [-0.4, -0.2) is 42.4 Å². The fraction of sp³-hybridized carbons (Fsp3) is 0.684. The van der Waals surface area contributed by atoms with Gasteiger partial charge in [-0.05, 0) is 44.0 Å². The molecule has 140 valence electrons. The number of nitrogens with one attached hydrogen (secondary N) is 2. The first-order chi connectivity index (χ1) is 12.1. The Labute approximate surface area is 150 Å². The van der Waals surface area contributed by atoms with Gasteiger partial charge >= 0.3 is 0 Å². The van der Waals surface area contributed by atoms with Gasteiger partial charge in [-0.25, -0.2) is 0 Å². The van der Waals surface area contributed by atoms with Gasteiger partial charge in [0.1, 0.15) is 11.8 Å². The molecule has 6 nitrogen and oxygen atoms in total. The van der Waals surface area contributed by atoms with Crippen LogP contribution < -0.4 is 10.6 Å². The van der Waals surface area contributed by atoms with Gasteiger partial charge in [0, 0.05) is 13.5 Å². The second-order valence-corrected chi connectivity index (χ2v) is 6.72. The average molecular weight is 349 g/mol. The van der Waals surface area contributed by atoms with Crippen molar-refractivity contribution < 1.29 is 14.0 Å². The molecule has 0 spiro atoms. The summed E-state index contributed by atoms with van der Waals surface area (Å²) in [5.74, 6) is 0.838. The van der Waals surface area contributed by atoms with Crippen molar-refractivity contribution in [1.82, 2.24) is 15.5 Å². The summed E-state index contributed by atoms with van der Waals surface area (Å²) in [6.07, 6.45) is 5.91. The topological polar surface area (TPSA) is 74.6 Å². The fourth-order valence-electron chi connectivity index (χ4n) is 3.77. The van der Waals surface area contributed by atoms with E-state index >= 15 is 0 Å². The largest absolute Gasteiger partial charge is 0.468 e. The van der Waals surface area contributed by atoms with Gasteiger partial charge in [-0.15, -0.1) is 0 Å². The molecular weight excluding hydrogens is 318 g/mol. The molecule has 0 saturated heterocycles. The molecule has 1 aromatic heterocycles. The van der Waals surface area contributed by atoms with E-state index in [0.29, 0.717) is 6.54 Å². The van der Waals surface area contributed by atoms with Crippen LogP contribution in [0.25, 0.3) is 0 Å². The molecule has 2 N–H and O–H groups in total. The predicted octanol–water partition coefficient (Wildman–Crippen LogP) is 2.47. The summed E-state index contributed by atoms with van der Waals surface area (Å²) in [7, 11) is 0. The van der Waals surface area contributed by atoms with Crippen molar-refractivity contribution in [3.05, 3.63) is 24.2 Å². The van der Waals surface area contributed by atoms with Crippen LogP contribution >= 0.6 is 0 Å². The van der Waals surface area contributed by atoms with Crippen LogP contribution in [0.5, 0.6) is 0 Å². The van der Waals surface area contributed by atoms with Crippen LogP contribution in [0.15, 0.2) is 22.8 Å². The van der Waals surface area contributed by atoms with Crippen LogP contribution in [0.2, 0.25) is 0 Å². The fourth-order valence-corrected chi connectivity index (χ4v) is 3.77. The maximum atomic E-state index is 12.8. The van der Waals surface area contributed by atoms with Crippen molar-refractivity contribution in [2.24, 2.45) is 5.92 Å². The van der Waals surface area contributed by atoms with Crippen molar-refractivity contribution in [1.29, 1.82) is 0 Å². The quantitative estimate of drug-likeness (QED) is 0.718. The van der Waals surface area contributed by atoms with E-state index in [9.17, 15) is 9.59 Å².